The van der Waals surface area contributed by atoms with E-state index in [-0.39, 0.29) is 29.8 Å². The van der Waals surface area contributed by atoms with Gasteiger partial charge in [0.2, 0.25) is 11.8 Å². The lowest BCUT2D eigenvalue weighted by Crippen LogP contribution is -2.55. The molecule has 0 heterocycles. The summed E-state index contributed by atoms with van der Waals surface area (Å²) in [5.41, 5.74) is 3.59. The monoisotopic (exact) mass is 671 g/mol. The quantitative estimate of drug-likeness (QED) is 0.172. The van der Waals surface area contributed by atoms with Crippen LogP contribution in [0.5, 0.6) is 0 Å². The van der Waals surface area contributed by atoms with E-state index in [0.717, 1.165) is 48.8 Å². The number of anilines is 1. The molecule has 0 unspecified atom stereocenters. The molecule has 1 fully saturated rings. The molecule has 1 aliphatic carbocycles. The molecule has 0 aromatic heterocycles. The van der Waals surface area contributed by atoms with Gasteiger partial charge >= 0.3 is 0 Å². The van der Waals surface area contributed by atoms with Crippen LogP contribution in [0.3, 0.4) is 0 Å². The van der Waals surface area contributed by atoms with Crippen molar-refractivity contribution < 1.29 is 18.0 Å². The zero-order valence-electron chi connectivity index (χ0n) is 26.9. The lowest BCUT2D eigenvalue weighted by Gasteiger charge is -2.35. The highest BCUT2D eigenvalue weighted by molar-refractivity contribution is 7.92. The molecule has 0 saturated heterocycles. The van der Waals surface area contributed by atoms with E-state index >= 15 is 0 Å². The molecule has 0 spiro atoms. The molecule has 1 atom stereocenters. The van der Waals surface area contributed by atoms with Gasteiger partial charge in [0.15, 0.2) is 0 Å². The minimum Gasteiger partial charge on any atom is -0.352 e. The Morgan fingerprint density at radius 2 is 1.47 bits per heavy atom. The smallest absolute Gasteiger partial charge is 0.264 e. The highest BCUT2D eigenvalue weighted by Crippen LogP contribution is 2.30. The van der Waals surface area contributed by atoms with Gasteiger partial charge in [0, 0.05) is 24.0 Å². The number of amides is 2. The number of aryl methyl sites for hydroxylation is 1. The molecule has 7 nitrogen and oxygen atoms in total. The van der Waals surface area contributed by atoms with Gasteiger partial charge < -0.3 is 10.2 Å². The van der Waals surface area contributed by atoms with Crippen LogP contribution in [-0.2, 0) is 32.6 Å². The topological polar surface area (TPSA) is 86.8 Å². The van der Waals surface area contributed by atoms with Crippen LogP contribution in [0.2, 0.25) is 5.02 Å². The van der Waals surface area contributed by atoms with Crippen LogP contribution in [0, 0.1) is 13.8 Å². The third kappa shape index (κ3) is 8.42. The van der Waals surface area contributed by atoms with Crippen molar-refractivity contribution in [1.29, 1.82) is 0 Å². The first kappa shape index (κ1) is 34.2. The maximum atomic E-state index is 14.7. The normalized spacial score (nSPS) is 14.3. The largest absolute Gasteiger partial charge is 0.352 e. The Morgan fingerprint density at radius 1 is 0.830 bits per heavy atom. The molecule has 9 heteroatoms. The molecule has 4 aromatic carbocycles. The number of carbonyl (C=O) groups excluding carboxylic acids is 2. The first-order valence-corrected chi connectivity index (χ1v) is 18.0. The van der Waals surface area contributed by atoms with E-state index in [1.165, 1.54) is 21.3 Å². The van der Waals surface area contributed by atoms with Gasteiger partial charge in [0.05, 0.1) is 10.6 Å². The Bertz CT molecular complexity index is 1780. The van der Waals surface area contributed by atoms with Crippen molar-refractivity contribution in [3.8, 4) is 0 Å². The first-order valence-electron chi connectivity index (χ1n) is 16.2. The van der Waals surface area contributed by atoms with Crippen molar-refractivity contribution in [2.24, 2.45) is 0 Å². The summed E-state index contributed by atoms with van der Waals surface area (Å²) in [6, 6.07) is 29.4. The van der Waals surface area contributed by atoms with Crippen LogP contribution in [0.4, 0.5) is 5.69 Å². The van der Waals surface area contributed by atoms with E-state index in [0.29, 0.717) is 16.3 Å². The van der Waals surface area contributed by atoms with Gasteiger partial charge in [-0.2, -0.15) is 0 Å². The molecule has 1 N–H and O–H groups in total. The second kappa shape index (κ2) is 15.6. The van der Waals surface area contributed by atoms with Crippen molar-refractivity contribution >= 4 is 39.1 Å². The van der Waals surface area contributed by atoms with Crippen LogP contribution < -0.4 is 9.62 Å². The second-order valence-corrected chi connectivity index (χ2v) is 14.5. The number of halogens is 1. The SMILES string of the molecule is Cc1cccc(N(CC(=O)N(Cc2ccccc2Cl)[C@H](Cc2ccccc2)C(=O)NC2CCCCC2)S(=O)(=O)c2ccccc2)c1C. The van der Waals surface area contributed by atoms with E-state index in [4.69, 9.17) is 11.6 Å². The maximum absolute atomic E-state index is 14.7. The van der Waals surface area contributed by atoms with E-state index in [9.17, 15) is 18.0 Å². The van der Waals surface area contributed by atoms with Gasteiger partial charge in [0.25, 0.3) is 10.0 Å². The summed E-state index contributed by atoms with van der Waals surface area (Å²) in [4.78, 5) is 30.6. The molecule has 4 aromatic rings. The number of nitrogens with one attached hydrogen (secondary N) is 1. The third-order valence-corrected chi connectivity index (χ3v) is 11.1. The van der Waals surface area contributed by atoms with Gasteiger partial charge in [0.1, 0.15) is 12.6 Å². The average molecular weight is 672 g/mol. The van der Waals surface area contributed by atoms with Crippen molar-refractivity contribution in [2.45, 2.75) is 75.9 Å². The summed E-state index contributed by atoms with van der Waals surface area (Å²) in [7, 11) is -4.17. The number of hydrogen-bond donors (Lipinski definition) is 1. The molecule has 5 rings (SSSR count). The molecule has 1 aliphatic rings. The molecule has 0 aliphatic heterocycles. The lowest BCUT2D eigenvalue weighted by atomic mass is 9.94. The van der Waals surface area contributed by atoms with Gasteiger partial charge in [-0.05, 0) is 73.2 Å². The first-order chi connectivity index (χ1) is 22.6. The van der Waals surface area contributed by atoms with Crippen molar-refractivity contribution in [3.63, 3.8) is 0 Å². The van der Waals surface area contributed by atoms with E-state index in [1.54, 1.807) is 36.4 Å². The van der Waals surface area contributed by atoms with Crippen LogP contribution >= 0.6 is 11.6 Å². The Kier molecular flexibility index (Phi) is 11.4. The number of rotatable bonds is 12. The molecular formula is C38H42ClN3O4S. The Morgan fingerprint density at radius 3 is 2.15 bits per heavy atom. The number of carbonyl (C=O) groups is 2. The number of sulfonamides is 1. The molecular weight excluding hydrogens is 630 g/mol. The minimum atomic E-state index is -4.17. The highest BCUT2D eigenvalue weighted by Gasteiger charge is 2.36. The molecule has 47 heavy (non-hydrogen) atoms. The lowest BCUT2D eigenvalue weighted by molar-refractivity contribution is -0.140. The standard InChI is InChI=1S/C38H42ClN3O4S/c1-28-15-14-24-35(29(28)2)42(47(45,46)33-21-10-5-11-22-33)27-37(43)41(26-31-18-12-13-23-34(31)39)36(25-30-16-6-3-7-17-30)38(44)40-32-19-8-4-9-20-32/h3,5-7,10-18,21-24,32,36H,4,8-9,19-20,25-27H2,1-2H3,(H,40,44)/t36-/m1/s1. The van der Waals surface area contributed by atoms with Crippen molar-refractivity contribution in [3.05, 3.63) is 130 Å². The zero-order valence-corrected chi connectivity index (χ0v) is 28.5. The fraction of sp³-hybridized carbons (Fsp3) is 0.316. The van der Waals surface area contributed by atoms with Gasteiger partial charge in [-0.15, -0.1) is 0 Å². The summed E-state index contributed by atoms with van der Waals surface area (Å²) >= 11 is 6.62. The Hall–Kier alpha value is -4.14. The fourth-order valence-electron chi connectivity index (χ4n) is 6.15. The predicted octanol–water partition coefficient (Wildman–Crippen LogP) is 7.24. The number of nitrogens with zero attached hydrogens (tertiary/aromatic N) is 2. The van der Waals surface area contributed by atoms with E-state index in [1.807, 2.05) is 68.4 Å². The van der Waals surface area contributed by atoms with Gasteiger partial charge in [-0.1, -0.05) is 110 Å². The minimum absolute atomic E-state index is 0.0247. The molecule has 246 valence electrons. The van der Waals surface area contributed by atoms with Crippen LogP contribution in [0.15, 0.2) is 108 Å². The summed E-state index contributed by atoms with van der Waals surface area (Å²) in [6.45, 7) is 3.28. The fourth-order valence-corrected chi connectivity index (χ4v) is 7.84. The Balaban J connectivity index is 1.59. The summed E-state index contributed by atoms with van der Waals surface area (Å²) in [5, 5.41) is 3.69. The van der Waals surface area contributed by atoms with Gasteiger partial charge in [-0.3, -0.25) is 13.9 Å². The van der Waals surface area contributed by atoms with Crippen LogP contribution in [-0.4, -0.2) is 43.8 Å². The molecule has 0 radical (unpaired) electrons. The Labute approximate surface area is 283 Å². The number of benzene rings is 4. The predicted molar refractivity (Wildman–Crippen MR) is 188 cm³/mol. The molecule has 2 amide bonds. The summed E-state index contributed by atoms with van der Waals surface area (Å²) < 4.78 is 29.7. The van der Waals surface area contributed by atoms with Gasteiger partial charge in [-0.25, -0.2) is 8.42 Å². The number of hydrogen-bond acceptors (Lipinski definition) is 4. The van der Waals surface area contributed by atoms with E-state index < -0.39 is 28.5 Å². The summed E-state index contributed by atoms with van der Waals surface area (Å²) in [6.07, 6.45) is 5.25. The van der Waals surface area contributed by atoms with E-state index in [2.05, 4.69) is 5.32 Å². The third-order valence-electron chi connectivity index (χ3n) is 8.98. The summed E-state index contributed by atoms with van der Waals surface area (Å²) in [5.74, 6) is -0.768. The maximum Gasteiger partial charge on any atom is 0.264 e. The van der Waals surface area contributed by atoms with Crippen molar-refractivity contribution in [1.82, 2.24) is 10.2 Å². The highest BCUT2D eigenvalue weighted by atomic mass is 35.5. The van der Waals surface area contributed by atoms with Crippen molar-refractivity contribution in [2.75, 3.05) is 10.8 Å². The average Bonchev–Trinajstić information content (AvgIpc) is 3.08. The molecule has 0 bridgehead atoms. The van der Waals surface area contributed by atoms with Crippen LogP contribution in [0.1, 0.15) is 54.4 Å². The molecule has 1 saturated carbocycles. The van der Waals surface area contributed by atoms with Crippen LogP contribution in [0.25, 0.3) is 0 Å². The second-order valence-electron chi connectivity index (χ2n) is 12.2. The zero-order chi connectivity index (χ0) is 33.4.